The number of nitrogens with zero attached hydrogens (tertiary/aromatic N) is 1. The average molecular weight is 335 g/mol. The summed E-state index contributed by atoms with van der Waals surface area (Å²) < 4.78 is 10.8. The van der Waals surface area contributed by atoms with Gasteiger partial charge < -0.3 is 27.2 Å². The van der Waals surface area contributed by atoms with Crippen molar-refractivity contribution in [2.24, 2.45) is 4.99 Å². The van der Waals surface area contributed by atoms with Crippen molar-refractivity contribution >= 4 is 17.2 Å². The molecule has 0 atom stereocenters. The molecule has 0 aromatic heterocycles. The summed E-state index contributed by atoms with van der Waals surface area (Å²) in [5.74, 6) is 2.56. The smallest absolute Gasteiger partial charge is 1.00 e. The van der Waals surface area contributed by atoms with Gasteiger partial charge in [0.25, 0.3) is 0 Å². The fraction of sp³-hybridized carbons (Fsp3) is 0.278. The summed E-state index contributed by atoms with van der Waals surface area (Å²) in [6.45, 7) is 7.22. The van der Waals surface area contributed by atoms with Gasteiger partial charge in [-0.2, -0.15) is 0 Å². The molecule has 0 aliphatic rings. The van der Waals surface area contributed by atoms with Crippen LogP contribution in [0.4, 0.5) is 11.4 Å². The SMILES string of the molecule is CCOc1ccc(N=C(C)Nc2ccc(OCC)cc2)cc1.[Cl-].[H+]. The van der Waals surface area contributed by atoms with Crippen LogP contribution in [0.25, 0.3) is 0 Å². The quantitative estimate of drug-likeness (QED) is 0.646. The largest absolute Gasteiger partial charge is 1.00 e. The molecule has 0 heterocycles. The van der Waals surface area contributed by atoms with Crippen molar-refractivity contribution in [3.8, 4) is 11.5 Å². The highest BCUT2D eigenvalue weighted by molar-refractivity contribution is 5.95. The molecule has 2 aromatic carbocycles. The first kappa shape index (κ1) is 18.8. The molecule has 23 heavy (non-hydrogen) atoms. The molecule has 4 nitrogen and oxygen atoms in total. The lowest BCUT2D eigenvalue weighted by molar-refractivity contribution is -0.00000578. The molecule has 0 fully saturated rings. The van der Waals surface area contributed by atoms with Crippen LogP contribution in [0.1, 0.15) is 22.2 Å². The van der Waals surface area contributed by atoms with Gasteiger partial charge in [0.15, 0.2) is 0 Å². The van der Waals surface area contributed by atoms with Gasteiger partial charge in [0.1, 0.15) is 17.3 Å². The highest BCUT2D eigenvalue weighted by Gasteiger charge is 1.98. The molecule has 0 amide bonds. The Morgan fingerprint density at radius 3 is 1.87 bits per heavy atom. The number of hydrogen-bond acceptors (Lipinski definition) is 3. The summed E-state index contributed by atoms with van der Waals surface area (Å²) in [4.78, 5) is 4.53. The van der Waals surface area contributed by atoms with Crippen LogP contribution in [0.2, 0.25) is 0 Å². The monoisotopic (exact) mass is 334 g/mol. The van der Waals surface area contributed by atoms with Crippen LogP contribution >= 0.6 is 0 Å². The van der Waals surface area contributed by atoms with E-state index in [2.05, 4.69) is 10.3 Å². The lowest BCUT2D eigenvalue weighted by atomic mass is 10.3. The second-order valence-electron chi connectivity index (χ2n) is 4.71. The Hall–Kier alpha value is -2.20. The normalized spacial score (nSPS) is 10.7. The van der Waals surface area contributed by atoms with Gasteiger partial charge in [-0.05, 0) is 69.3 Å². The van der Waals surface area contributed by atoms with E-state index in [-0.39, 0.29) is 13.8 Å². The molecule has 0 saturated heterocycles. The van der Waals surface area contributed by atoms with E-state index in [1.165, 1.54) is 0 Å². The summed E-state index contributed by atoms with van der Waals surface area (Å²) in [5, 5.41) is 3.26. The Balaban J connectivity index is 0.00000264. The zero-order chi connectivity index (χ0) is 15.8. The Morgan fingerprint density at radius 2 is 1.39 bits per heavy atom. The zero-order valence-electron chi connectivity index (χ0n) is 14.7. The molecule has 0 unspecified atom stereocenters. The fourth-order valence-electron chi connectivity index (χ4n) is 2.02. The molecule has 124 valence electrons. The highest BCUT2D eigenvalue weighted by atomic mass is 35.5. The van der Waals surface area contributed by atoms with Crippen molar-refractivity contribution in [2.75, 3.05) is 18.5 Å². The first-order chi connectivity index (χ1) is 10.7. The highest BCUT2D eigenvalue weighted by Crippen LogP contribution is 2.19. The predicted octanol–water partition coefficient (Wildman–Crippen LogP) is 1.76. The second-order valence-corrected chi connectivity index (χ2v) is 4.71. The van der Waals surface area contributed by atoms with E-state index < -0.39 is 0 Å². The maximum Gasteiger partial charge on any atom is 1.00 e. The summed E-state index contributed by atoms with van der Waals surface area (Å²) in [7, 11) is 0. The third-order valence-electron chi connectivity index (χ3n) is 2.94. The third-order valence-corrected chi connectivity index (χ3v) is 2.94. The minimum absolute atomic E-state index is 0. The molecule has 2 rings (SSSR count). The van der Waals surface area contributed by atoms with Crippen LogP contribution in [-0.4, -0.2) is 19.0 Å². The van der Waals surface area contributed by atoms with Crippen molar-refractivity contribution in [3.63, 3.8) is 0 Å². The van der Waals surface area contributed by atoms with E-state index in [4.69, 9.17) is 9.47 Å². The number of hydrogen-bond donors (Lipinski definition) is 1. The number of aliphatic imine (C=N–C) groups is 1. The van der Waals surface area contributed by atoms with Crippen LogP contribution in [0.5, 0.6) is 11.5 Å². The lowest BCUT2D eigenvalue weighted by Crippen LogP contribution is -3.00. The number of amidine groups is 1. The summed E-state index contributed by atoms with van der Waals surface area (Å²) in [5.41, 5.74) is 1.87. The van der Waals surface area contributed by atoms with E-state index in [1.54, 1.807) is 0 Å². The molecular weight excluding hydrogens is 312 g/mol. The van der Waals surface area contributed by atoms with Gasteiger partial charge in [-0.3, -0.25) is 0 Å². The van der Waals surface area contributed by atoms with Crippen LogP contribution in [0.15, 0.2) is 53.5 Å². The van der Waals surface area contributed by atoms with E-state index in [0.29, 0.717) is 13.2 Å². The van der Waals surface area contributed by atoms with Crippen molar-refractivity contribution in [1.82, 2.24) is 0 Å². The van der Waals surface area contributed by atoms with E-state index in [1.807, 2.05) is 69.3 Å². The molecule has 5 heteroatoms. The predicted molar refractivity (Wildman–Crippen MR) is 92.7 cm³/mol. The molecule has 1 N–H and O–H groups in total. The Morgan fingerprint density at radius 1 is 0.913 bits per heavy atom. The number of benzene rings is 2. The number of anilines is 1. The van der Waals surface area contributed by atoms with E-state index >= 15 is 0 Å². The van der Waals surface area contributed by atoms with Crippen molar-refractivity contribution in [2.45, 2.75) is 20.8 Å². The summed E-state index contributed by atoms with van der Waals surface area (Å²) in [6.07, 6.45) is 0. The van der Waals surface area contributed by atoms with Gasteiger partial charge >= 0.3 is 1.43 Å². The molecule has 0 aliphatic heterocycles. The van der Waals surface area contributed by atoms with Crippen LogP contribution in [0.3, 0.4) is 0 Å². The Kier molecular flexibility index (Phi) is 7.98. The number of ether oxygens (including phenoxy) is 2. The van der Waals surface area contributed by atoms with Crippen LogP contribution in [-0.2, 0) is 0 Å². The van der Waals surface area contributed by atoms with E-state index in [0.717, 1.165) is 28.7 Å². The zero-order valence-corrected chi connectivity index (χ0v) is 14.4. The molecule has 0 aliphatic carbocycles. The minimum Gasteiger partial charge on any atom is -1.00 e. The molecule has 0 saturated carbocycles. The van der Waals surface area contributed by atoms with Crippen molar-refractivity contribution < 1.29 is 23.3 Å². The standard InChI is InChI=1S/C18H22N2O2.ClH/c1-4-21-17-10-6-15(7-11-17)19-14(3)20-16-8-12-18(13-9-16)22-5-2;/h6-13H,4-5H2,1-3H3,(H,19,20);1H. The Bertz CT molecular complexity index is 616. The number of halogens is 1. The lowest BCUT2D eigenvalue weighted by Gasteiger charge is -2.08. The van der Waals surface area contributed by atoms with Crippen LogP contribution in [0, 0.1) is 0 Å². The van der Waals surface area contributed by atoms with Gasteiger partial charge in [-0.15, -0.1) is 0 Å². The minimum atomic E-state index is 0. The maximum atomic E-state index is 5.42. The molecular formula is C18H23ClN2O2. The average Bonchev–Trinajstić information content (AvgIpc) is 2.52. The van der Waals surface area contributed by atoms with Gasteiger partial charge in [0.2, 0.25) is 0 Å². The third kappa shape index (κ3) is 6.20. The summed E-state index contributed by atoms with van der Waals surface area (Å²) >= 11 is 0. The van der Waals surface area contributed by atoms with Gasteiger partial charge in [-0.25, -0.2) is 4.99 Å². The van der Waals surface area contributed by atoms with Gasteiger partial charge in [-0.1, -0.05) is 0 Å². The van der Waals surface area contributed by atoms with Crippen LogP contribution < -0.4 is 27.2 Å². The fourth-order valence-corrected chi connectivity index (χ4v) is 2.02. The van der Waals surface area contributed by atoms with Gasteiger partial charge in [0, 0.05) is 5.69 Å². The number of rotatable bonds is 6. The van der Waals surface area contributed by atoms with Gasteiger partial charge in [0.05, 0.1) is 18.9 Å². The number of nitrogens with one attached hydrogen (secondary N) is 1. The van der Waals surface area contributed by atoms with Crippen molar-refractivity contribution in [1.29, 1.82) is 0 Å². The first-order valence-electron chi connectivity index (χ1n) is 7.49. The molecule has 0 radical (unpaired) electrons. The maximum absolute atomic E-state index is 5.42. The van der Waals surface area contributed by atoms with Crippen molar-refractivity contribution in [3.05, 3.63) is 48.5 Å². The summed E-state index contributed by atoms with van der Waals surface area (Å²) in [6, 6.07) is 15.6. The second kappa shape index (κ2) is 9.74. The first-order valence-corrected chi connectivity index (χ1v) is 7.49. The molecule has 0 spiro atoms. The molecule has 0 bridgehead atoms. The molecule has 2 aromatic rings. The Labute approximate surface area is 145 Å². The van der Waals surface area contributed by atoms with E-state index in [9.17, 15) is 0 Å². The topological polar surface area (TPSA) is 42.8 Å².